The van der Waals surface area contributed by atoms with Crippen molar-refractivity contribution < 1.29 is 17.5 Å². The number of aromatic nitrogens is 1. The second-order valence-corrected chi connectivity index (χ2v) is 7.59. The van der Waals surface area contributed by atoms with Gasteiger partial charge in [0.25, 0.3) is 0 Å². The van der Waals surface area contributed by atoms with E-state index in [9.17, 15) is 0 Å². The predicted octanol–water partition coefficient (Wildman–Crippen LogP) is 6.59. The lowest BCUT2D eigenvalue weighted by Gasteiger charge is -2.05. The maximum absolute atomic E-state index is 7.70. The predicted molar refractivity (Wildman–Crippen MR) is 117 cm³/mol. The number of rotatable bonds is 1. The third kappa shape index (κ3) is 2.27. The summed E-state index contributed by atoms with van der Waals surface area (Å²) in [5.74, 6) is 0. The number of pyridine rings is 1. The molecule has 3 aromatic heterocycles. The fourth-order valence-corrected chi connectivity index (χ4v) is 4.34. The zero-order valence-electron chi connectivity index (χ0n) is 19.1. The van der Waals surface area contributed by atoms with Crippen molar-refractivity contribution in [3.63, 3.8) is 0 Å². The summed E-state index contributed by atoms with van der Waals surface area (Å²) < 4.78 is 37.5. The van der Waals surface area contributed by atoms with Crippen molar-refractivity contribution in [2.75, 3.05) is 0 Å². The average Bonchev–Trinajstić information content (AvgIpc) is 3.29. The van der Waals surface area contributed by atoms with Crippen LogP contribution in [0, 0.1) is 13.8 Å². The summed E-state index contributed by atoms with van der Waals surface area (Å²) in [4.78, 5) is 0. The fourth-order valence-electron chi connectivity index (χ4n) is 4.34. The minimum atomic E-state index is -2.15. The summed E-state index contributed by atoms with van der Waals surface area (Å²) in [6.45, 7) is -0.105. The van der Waals surface area contributed by atoms with E-state index in [4.69, 9.17) is 12.9 Å². The van der Waals surface area contributed by atoms with Gasteiger partial charge < -0.3 is 8.83 Å². The second kappa shape index (κ2) is 5.71. The molecule has 140 valence electrons. The van der Waals surface area contributed by atoms with E-state index in [2.05, 4.69) is 18.2 Å². The first-order chi connectivity index (χ1) is 15.3. The Labute approximate surface area is 172 Å². The lowest BCUT2D eigenvalue weighted by Crippen LogP contribution is -2.31. The maximum Gasteiger partial charge on any atom is 0.216 e. The molecule has 0 unspecified atom stereocenters. The molecule has 0 saturated carbocycles. The monoisotopic (exact) mass is 381 g/mol. The van der Waals surface area contributed by atoms with Crippen molar-refractivity contribution in [1.82, 2.24) is 0 Å². The number of benzene rings is 3. The normalized spacial score (nSPS) is 13.9. The van der Waals surface area contributed by atoms with Gasteiger partial charge in [-0.2, -0.15) is 0 Å². The first kappa shape index (κ1) is 13.6. The van der Waals surface area contributed by atoms with Gasteiger partial charge in [0.1, 0.15) is 29.4 Å². The summed E-state index contributed by atoms with van der Waals surface area (Å²) in [5.41, 5.74) is 6.50. The van der Waals surface area contributed by atoms with Crippen LogP contribution >= 0.6 is 0 Å². The highest BCUT2D eigenvalue weighted by atomic mass is 16.3. The number of para-hydroxylation sites is 1. The molecular formula is C26H20NO2+. The zero-order chi connectivity index (χ0) is 22.2. The van der Waals surface area contributed by atoms with Gasteiger partial charge in [-0.1, -0.05) is 30.3 Å². The molecule has 0 bridgehead atoms. The van der Waals surface area contributed by atoms with Gasteiger partial charge in [0.15, 0.2) is 6.20 Å². The molecule has 0 spiro atoms. The number of hydrogen-bond acceptors (Lipinski definition) is 2. The Bertz CT molecular complexity index is 1690. The Hall–Kier alpha value is -3.59. The van der Waals surface area contributed by atoms with E-state index in [0.29, 0.717) is 5.56 Å². The fraction of sp³-hybridized carbons (Fsp3) is 0.115. The van der Waals surface area contributed by atoms with Gasteiger partial charge in [0.2, 0.25) is 5.69 Å². The van der Waals surface area contributed by atoms with Gasteiger partial charge in [-0.05, 0) is 43.6 Å². The molecule has 0 aliphatic rings. The molecule has 3 heterocycles. The van der Waals surface area contributed by atoms with E-state index in [0.717, 1.165) is 60.7 Å². The van der Waals surface area contributed by atoms with Crippen molar-refractivity contribution in [2.24, 2.45) is 7.05 Å². The van der Waals surface area contributed by atoms with E-state index in [-0.39, 0.29) is 0 Å². The number of furan rings is 2. The van der Waals surface area contributed by atoms with E-state index in [1.807, 2.05) is 54.9 Å². The van der Waals surface area contributed by atoms with Gasteiger partial charge in [-0.25, -0.2) is 4.57 Å². The van der Waals surface area contributed by atoms with Crippen LogP contribution in [0.15, 0.2) is 75.7 Å². The Morgan fingerprint density at radius 3 is 2.41 bits per heavy atom. The van der Waals surface area contributed by atoms with E-state index >= 15 is 0 Å². The molecule has 0 aliphatic heterocycles. The van der Waals surface area contributed by atoms with Crippen LogP contribution in [0.1, 0.15) is 15.2 Å². The molecule has 3 aromatic carbocycles. The molecule has 0 N–H and O–H groups in total. The molecule has 0 amide bonds. The highest BCUT2D eigenvalue weighted by Crippen LogP contribution is 2.40. The first-order valence-corrected chi connectivity index (χ1v) is 9.59. The summed E-state index contributed by atoms with van der Waals surface area (Å²) in [5, 5.41) is 4.09. The lowest BCUT2D eigenvalue weighted by molar-refractivity contribution is -0.660. The van der Waals surface area contributed by atoms with E-state index in [1.165, 1.54) is 0 Å². The highest BCUT2D eigenvalue weighted by Gasteiger charge is 2.21. The Balaban J connectivity index is 1.65. The van der Waals surface area contributed by atoms with Crippen LogP contribution in [0.2, 0.25) is 0 Å². The molecular weight excluding hydrogens is 358 g/mol. The van der Waals surface area contributed by atoms with Crippen LogP contribution in [-0.4, -0.2) is 0 Å². The lowest BCUT2D eigenvalue weighted by atomic mass is 10.00. The van der Waals surface area contributed by atoms with Crippen LogP contribution in [0.4, 0.5) is 0 Å². The third-order valence-electron chi connectivity index (χ3n) is 5.74. The molecule has 0 radical (unpaired) electrons. The van der Waals surface area contributed by atoms with Crippen LogP contribution in [0.3, 0.4) is 0 Å². The smallest absolute Gasteiger partial charge is 0.216 e. The summed E-state index contributed by atoms with van der Waals surface area (Å²) in [6.07, 6.45) is 1.67. The zero-order valence-corrected chi connectivity index (χ0v) is 16.1. The van der Waals surface area contributed by atoms with E-state index < -0.39 is 6.85 Å². The maximum atomic E-state index is 7.70. The number of aryl methyl sites for hydroxylation is 3. The standard InChI is InChI=1S/C26H20NO2/c1-15-8-11-21(27(3)14-15)25-16(2)9-10-18-20-13-23-19(12-24(20)29-26(18)25)17-6-4-5-7-22(17)28-23/h4-14H,1-3H3/q+1/i1D3. The molecule has 6 rings (SSSR count). The first-order valence-electron chi connectivity index (χ1n) is 11.1. The largest absolute Gasteiger partial charge is 0.456 e. The third-order valence-corrected chi connectivity index (χ3v) is 5.74. The van der Waals surface area contributed by atoms with Crippen molar-refractivity contribution in [2.45, 2.75) is 13.8 Å². The Kier molecular flexibility index (Phi) is 2.67. The number of hydrogen-bond donors (Lipinski definition) is 0. The quantitative estimate of drug-likeness (QED) is 0.301. The molecule has 3 heteroatoms. The van der Waals surface area contributed by atoms with Gasteiger partial charge in [0, 0.05) is 37.3 Å². The van der Waals surface area contributed by atoms with Gasteiger partial charge in [0.05, 0.1) is 5.56 Å². The Morgan fingerprint density at radius 2 is 1.59 bits per heavy atom. The summed E-state index contributed by atoms with van der Waals surface area (Å²) in [6, 6.07) is 19.8. The summed E-state index contributed by atoms with van der Waals surface area (Å²) >= 11 is 0. The minimum Gasteiger partial charge on any atom is -0.456 e. The van der Waals surface area contributed by atoms with Crippen molar-refractivity contribution in [3.05, 3.63) is 78.0 Å². The molecule has 0 fully saturated rings. The molecule has 3 nitrogen and oxygen atoms in total. The SMILES string of the molecule is [2H]C([2H])([2H])c1ccc(-c2c(C)ccc3c2oc2cc4c(cc23)oc2ccccc24)[n+](C)c1. The molecule has 29 heavy (non-hydrogen) atoms. The van der Waals surface area contributed by atoms with Crippen LogP contribution in [0.5, 0.6) is 0 Å². The van der Waals surface area contributed by atoms with Gasteiger partial charge >= 0.3 is 0 Å². The molecule has 0 saturated heterocycles. The van der Waals surface area contributed by atoms with Crippen molar-refractivity contribution in [3.8, 4) is 11.3 Å². The Morgan fingerprint density at radius 1 is 0.793 bits per heavy atom. The topological polar surface area (TPSA) is 30.2 Å². The van der Waals surface area contributed by atoms with Crippen LogP contribution in [0.25, 0.3) is 55.1 Å². The number of nitrogens with zero attached hydrogens (tertiary/aromatic N) is 1. The second-order valence-electron chi connectivity index (χ2n) is 7.59. The highest BCUT2D eigenvalue weighted by molar-refractivity contribution is 6.16. The molecule has 6 aromatic rings. The number of fused-ring (bicyclic) bond motifs is 6. The average molecular weight is 381 g/mol. The van der Waals surface area contributed by atoms with E-state index in [1.54, 1.807) is 12.3 Å². The van der Waals surface area contributed by atoms with Crippen molar-refractivity contribution in [1.29, 1.82) is 0 Å². The van der Waals surface area contributed by atoms with Crippen molar-refractivity contribution >= 4 is 43.9 Å². The summed E-state index contributed by atoms with van der Waals surface area (Å²) in [7, 11) is 1.87. The van der Waals surface area contributed by atoms with Crippen LogP contribution < -0.4 is 4.57 Å². The minimum absolute atomic E-state index is 0.311. The molecule has 0 atom stereocenters. The van der Waals surface area contributed by atoms with Crippen LogP contribution in [-0.2, 0) is 7.05 Å². The van der Waals surface area contributed by atoms with Gasteiger partial charge in [-0.15, -0.1) is 0 Å². The molecule has 0 aliphatic carbocycles. The van der Waals surface area contributed by atoms with Gasteiger partial charge in [-0.3, -0.25) is 0 Å².